The molecule has 2 aromatic heterocycles. The monoisotopic (exact) mass is 358 g/mol. The van der Waals surface area contributed by atoms with E-state index in [0.29, 0.717) is 25.1 Å². The third-order valence-electron chi connectivity index (χ3n) is 4.36. The molecule has 0 spiro atoms. The topological polar surface area (TPSA) is 87.2 Å². The van der Waals surface area contributed by atoms with E-state index in [1.807, 2.05) is 36.9 Å². The zero-order chi connectivity index (χ0) is 19.3. The number of hydrogen-bond donors (Lipinski definition) is 2. The number of H-pyrrole nitrogens is 1. The summed E-state index contributed by atoms with van der Waals surface area (Å²) in [7, 11) is 3.68. The summed E-state index contributed by atoms with van der Waals surface area (Å²) in [4.78, 5) is 40.2. The van der Waals surface area contributed by atoms with Crippen LogP contribution >= 0.6 is 0 Å². The molecule has 2 N–H and O–H groups in total. The predicted octanol–water partition coefficient (Wildman–Crippen LogP) is 1.09. The molecule has 7 heteroatoms. The number of aromatic amines is 1. The fraction of sp³-hybridized carbons (Fsp3) is 0.421. The Labute approximate surface area is 153 Å². The van der Waals surface area contributed by atoms with Crippen molar-refractivity contribution in [3.8, 4) is 0 Å². The van der Waals surface area contributed by atoms with Crippen LogP contribution in [0, 0.1) is 12.8 Å². The Balaban J connectivity index is 1.81. The van der Waals surface area contributed by atoms with Crippen LogP contribution in [0.25, 0.3) is 0 Å². The van der Waals surface area contributed by atoms with E-state index in [0.717, 1.165) is 5.69 Å². The highest BCUT2D eigenvalue weighted by atomic mass is 16.2. The Morgan fingerprint density at radius 2 is 2.04 bits per heavy atom. The number of aromatic nitrogens is 2. The Kier molecular flexibility index (Phi) is 6.38. The number of hydrogen-bond acceptors (Lipinski definition) is 3. The second kappa shape index (κ2) is 8.51. The molecule has 0 aromatic carbocycles. The van der Waals surface area contributed by atoms with Gasteiger partial charge in [0.25, 0.3) is 11.5 Å². The largest absolute Gasteiger partial charge is 0.354 e. The fourth-order valence-electron chi connectivity index (χ4n) is 2.65. The van der Waals surface area contributed by atoms with Crippen LogP contribution in [0.2, 0.25) is 0 Å². The molecule has 0 aliphatic heterocycles. The second-order valence-corrected chi connectivity index (χ2v) is 6.76. The Hall–Kier alpha value is -2.83. The van der Waals surface area contributed by atoms with Crippen LogP contribution in [-0.2, 0) is 18.3 Å². The first-order chi connectivity index (χ1) is 12.3. The molecule has 0 radical (unpaired) electrons. The molecule has 2 heterocycles. The SMILES string of the molecule is Cc1ccc(C(=O)NCC(C)CN(C)C(=O)Cc2cccn2C)[nH]c1=O. The molecule has 0 aliphatic rings. The van der Waals surface area contributed by atoms with E-state index in [9.17, 15) is 14.4 Å². The van der Waals surface area contributed by atoms with Crippen LogP contribution in [0.15, 0.2) is 35.3 Å². The standard InChI is InChI=1S/C19H26N4O3/c1-13(11-20-19(26)16-8-7-14(2)18(25)21-16)12-23(4)17(24)10-15-6-5-9-22(15)3/h5-9,13H,10-12H2,1-4H3,(H,20,26)(H,21,25). The average Bonchev–Trinajstić information content (AvgIpc) is 2.99. The molecule has 7 nitrogen and oxygen atoms in total. The zero-order valence-corrected chi connectivity index (χ0v) is 15.7. The minimum absolute atomic E-state index is 0.0350. The lowest BCUT2D eigenvalue weighted by atomic mass is 10.1. The van der Waals surface area contributed by atoms with Crippen molar-refractivity contribution in [1.82, 2.24) is 19.8 Å². The van der Waals surface area contributed by atoms with E-state index >= 15 is 0 Å². The van der Waals surface area contributed by atoms with Gasteiger partial charge in [0.15, 0.2) is 0 Å². The van der Waals surface area contributed by atoms with Crippen LogP contribution in [0.1, 0.15) is 28.7 Å². The first-order valence-electron chi connectivity index (χ1n) is 8.60. The first kappa shape index (κ1) is 19.5. The third-order valence-corrected chi connectivity index (χ3v) is 4.36. The van der Waals surface area contributed by atoms with E-state index in [1.165, 1.54) is 0 Å². The van der Waals surface area contributed by atoms with Gasteiger partial charge in [0.1, 0.15) is 5.69 Å². The van der Waals surface area contributed by atoms with Crippen molar-refractivity contribution in [2.75, 3.05) is 20.1 Å². The molecule has 0 fully saturated rings. The molecule has 140 valence electrons. The van der Waals surface area contributed by atoms with Crippen molar-refractivity contribution in [3.05, 3.63) is 57.8 Å². The number of carbonyl (C=O) groups is 2. The van der Waals surface area contributed by atoms with Gasteiger partial charge in [-0.15, -0.1) is 0 Å². The van der Waals surface area contributed by atoms with Crippen LogP contribution in [-0.4, -0.2) is 46.4 Å². The molecule has 0 saturated heterocycles. The van der Waals surface area contributed by atoms with Gasteiger partial charge in [-0.25, -0.2) is 0 Å². The quantitative estimate of drug-likeness (QED) is 0.777. The summed E-state index contributed by atoms with van der Waals surface area (Å²) in [5, 5.41) is 2.79. The van der Waals surface area contributed by atoms with Crippen LogP contribution in [0.4, 0.5) is 0 Å². The smallest absolute Gasteiger partial charge is 0.267 e. The van der Waals surface area contributed by atoms with E-state index in [4.69, 9.17) is 0 Å². The maximum atomic E-state index is 12.3. The summed E-state index contributed by atoms with van der Waals surface area (Å²) in [6.07, 6.45) is 2.26. The van der Waals surface area contributed by atoms with Gasteiger partial charge in [0.05, 0.1) is 6.42 Å². The van der Waals surface area contributed by atoms with Crippen LogP contribution in [0.3, 0.4) is 0 Å². The van der Waals surface area contributed by atoms with Crippen molar-refractivity contribution in [2.24, 2.45) is 13.0 Å². The van der Waals surface area contributed by atoms with Crippen LogP contribution < -0.4 is 10.9 Å². The van der Waals surface area contributed by atoms with Gasteiger partial charge in [-0.05, 0) is 31.0 Å². The normalized spacial score (nSPS) is 11.8. The highest BCUT2D eigenvalue weighted by Crippen LogP contribution is 2.05. The maximum Gasteiger partial charge on any atom is 0.267 e. The summed E-state index contributed by atoms with van der Waals surface area (Å²) in [5.41, 5.74) is 1.50. The van der Waals surface area contributed by atoms with Gasteiger partial charge < -0.3 is 19.8 Å². The number of carbonyl (C=O) groups excluding carboxylic acids is 2. The van der Waals surface area contributed by atoms with Crippen molar-refractivity contribution in [1.29, 1.82) is 0 Å². The molecular weight excluding hydrogens is 332 g/mol. The number of aryl methyl sites for hydroxylation is 2. The summed E-state index contributed by atoms with van der Waals surface area (Å²) >= 11 is 0. The summed E-state index contributed by atoms with van der Waals surface area (Å²) in [6, 6.07) is 7.05. The Morgan fingerprint density at radius 1 is 1.31 bits per heavy atom. The van der Waals surface area contributed by atoms with Crippen molar-refractivity contribution < 1.29 is 9.59 Å². The second-order valence-electron chi connectivity index (χ2n) is 6.76. The molecule has 0 bridgehead atoms. The van der Waals surface area contributed by atoms with Gasteiger partial charge in [-0.2, -0.15) is 0 Å². The van der Waals surface area contributed by atoms with E-state index in [2.05, 4.69) is 10.3 Å². The number of nitrogens with zero attached hydrogens (tertiary/aromatic N) is 2. The van der Waals surface area contributed by atoms with Crippen molar-refractivity contribution in [2.45, 2.75) is 20.3 Å². The highest BCUT2D eigenvalue weighted by Gasteiger charge is 2.15. The van der Waals surface area contributed by atoms with Crippen LogP contribution in [0.5, 0.6) is 0 Å². The molecule has 1 atom stereocenters. The highest BCUT2D eigenvalue weighted by molar-refractivity contribution is 5.92. The Morgan fingerprint density at radius 3 is 2.65 bits per heavy atom. The van der Waals surface area contributed by atoms with E-state index in [1.54, 1.807) is 31.0 Å². The number of rotatable bonds is 7. The molecule has 2 aromatic rings. The molecular formula is C19H26N4O3. The summed E-state index contributed by atoms with van der Waals surface area (Å²) in [6.45, 7) is 4.60. The first-order valence-corrected chi connectivity index (χ1v) is 8.60. The number of likely N-dealkylation sites (N-methyl/N-ethyl adjacent to an activating group) is 1. The summed E-state index contributed by atoms with van der Waals surface area (Å²) in [5.74, 6) is -0.210. The van der Waals surface area contributed by atoms with E-state index in [-0.39, 0.29) is 29.0 Å². The minimum Gasteiger partial charge on any atom is -0.354 e. The molecule has 0 aliphatic carbocycles. The average molecular weight is 358 g/mol. The minimum atomic E-state index is -0.327. The number of amides is 2. The number of pyridine rings is 1. The maximum absolute atomic E-state index is 12.3. The van der Waals surface area contributed by atoms with Gasteiger partial charge in [0.2, 0.25) is 5.91 Å². The van der Waals surface area contributed by atoms with Crippen molar-refractivity contribution in [3.63, 3.8) is 0 Å². The van der Waals surface area contributed by atoms with Gasteiger partial charge in [-0.3, -0.25) is 14.4 Å². The lowest BCUT2D eigenvalue weighted by Gasteiger charge is -2.22. The summed E-state index contributed by atoms with van der Waals surface area (Å²) < 4.78 is 1.93. The zero-order valence-electron chi connectivity index (χ0n) is 15.7. The molecule has 1 unspecified atom stereocenters. The molecule has 0 saturated carbocycles. The van der Waals surface area contributed by atoms with Gasteiger partial charge >= 0.3 is 0 Å². The van der Waals surface area contributed by atoms with Crippen molar-refractivity contribution >= 4 is 11.8 Å². The third kappa shape index (κ3) is 5.08. The molecule has 2 amide bonds. The lowest BCUT2D eigenvalue weighted by Crippen LogP contribution is -2.37. The van der Waals surface area contributed by atoms with Gasteiger partial charge in [0, 0.05) is 44.6 Å². The lowest BCUT2D eigenvalue weighted by molar-refractivity contribution is -0.129. The molecule has 2 rings (SSSR count). The van der Waals surface area contributed by atoms with Gasteiger partial charge in [-0.1, -0.05) is 13.0 Å². The number of nitrogens with one attached hydrogen (secondary N) is 2. The molecule has 26 heavy (non-hydrogen) atoms. The Bertz CT molecular complexity index is 837. The van der Waals surface area contributed by atoms with E-state index < -0.39 is 0 Å². The predicted molar refractivity (Wildman–Crippen MR) is 100 cm³/mol. The fourth-order valence-corrected chi connectivity index (χ4v) is 2.65.